The molecule has 0 atom stereocenters. The van der Waals surface area contributed by atoms with Gasteiger partial charge < -0.3 is 10.6 Å². The van der Waals surface area contributed by atoms with E-state index in [1.807, 2.05) is 79.7 Å². The second-order valence-corrected chi connectivity index (χ2v) is 15.2. The summed E-state index contributed by atoms with van der Waals surface area (Å²) in [5, 5.41) is 10.3. The lowest BCUT2D eigenvalue weighted by Gasteiger charge is -2.19. The zero-order chi connectivity index (χ0) is 34.3. The SMILES string of the molecule is Cc1c(Cl)c(CNCc2ccc3c4c(nsc24)-c2ccccc2C3=O)c(Cl)c(Cl)c1CNCc1ccc2c3c(nsc13)-c1ccccc1C2=O. The van der Waals surface area contributed by atoms with Crippen LogP contribution in [0.5, 0.6) is 0 Å². The average Bonchev–Trinajstić information content (AvgIpc) is 3.79. The van der Waals surface area contributed by atoms with Gasteiger partial charge in [0.1, 0.15) is 0 Å². The Bertz CT molecular complexity index is 2400. The number of nitrogens with one attached hydrogen (secondary N) is 2. The third kappa shape index (κ3) is 4.82. The van der Waals surface area contributed by atoms with Crippen molar-refractivity contribution < 1.29 is 9.59 Å². The number of carbonyl (C=O) groups excluding carboxylic acids is 2. The van der Waals surface area contributed by atoms with Crippen molar-refractivity contribution in [3.63, 3.8) is 0 Å². The number of ketones is 2. The number of fused-ring (bicyclic) bond motifs is 4. The van der Waals surface area contributed by atoms with Crippen molar-refractivity contribution in [3.8, 4) is 22.5 Å². The number of halogens is 3. The summed E-state index contributed by atoms with van der Waals surface area (Å²) in [6, 6.07) is 23.1. The summed E-state index contributed by atoms with van der Waals surface area (Å²) in [5.74, 6) is 0.0632. The van der Waals surface area contributed by atoms with Gasteiger partial charge in [-0.3, -0.25) is 9.59 Å². The second kappa shape index (κ2) is 12.4. The van der Waals surface area contributed by atoms with Crippen LogP contribution in [0.15, 0.2) is 72.8 Å². The number of aromatic nitrogens is 2. The molecule has 2 aliphatic rings. The fraction of sp³-hybridized carbons (Fsp3) is 0.128. The van der Waals surface area contributed by atoms with Gasteiger partial charge in [-0.05, 0) is 64.4 Å². The zero-order valence-corrected chi connectivity index (χ0v) is 30.3. The van der Waals surface area contributed by atoms with Crippen molar-refractivity contribution in [2.45, 2.75) is 33.1 Å². The van der Waals surface area contributed by atoms with Crippen molar-refractivity contribution in [1.29, 1.82) is 0 Å². The van der Waals surface area contributed by atoms with Gasteiger partial charge in [-0.2, -0.15) is 8.75 Å². The van der Waals surface area contributed by atoms with Gasteiger partial charge >= 0.3 is 0 Å². The Balaban J connectivity index is 0.919. The van der Waals surface area contributed by atoms with Crippen molar-refractivity contribution in [2.24, 2.45) is 0 Å². The van der Waals surface area contributed by atoms with E-state index in [2.05, 4.69) is 10.6 Å². The molecule has 0 saturated heterocycles. The molecule has 0 amide bonds. The standard InChI is InChI=1S/C39H25Cl3N4O2S2/c1-18-27(16-43-14-19-10-12-25-29-34(45-49-38(19)29)21-6-2-4-8-23(21)36(25)47)32(41)33(42)28(31(18)40)17-44-15-20-11-13-26-30-35(46-50-39(20)30)22-7-3-5-9-24(22)37(26)48/h2-13,43-44H,14-17H2,1H3. The fourth-order valence-corrected chi connectivity index (χ4v) is 9.97. The summed E-state index contributed by atoms with van der Waals surface area (Å²) >= 11 is 23.5. The molecular weight excluding hydrogens is 727 g/mol. The molecular formula is C39H25Cl3N4O2S2. The lowest BCUT2D eigenvalue weighted by molar-refractivity contribution is 0.103. The molecule has 0 unspecified atom stereocenters. The molecule has 9 rings (SSSR count). The maximum absolute atomic E-state index is 13.2. The minimum Gasteiger partial charge on any atom is -0.308 e. The monoisotopic (exact) mass is 750 g/mol. The smallest absolute Gasteiger partial charge is 0.194 e. The lowest BCUT2D eigenvalue weighted by Crippen LogP contribution is -2.17. The highest BCUT2D eigenvalue weighted by Crippen LogP contribution is 2.44. The summed E-state index contributed by atoms with van der Waals surface area (Å²) in [7, 11) is 0. The third-order valence-corrected chi connectivity index (χ3v) is 13.0. The minimum absolute atomic E-state index is 0.0302. The summed E-state index contributed by atoms with van der Waals surface area (Å²) in [6.45, 7) is 3.89. The van der Waals surface area contributed by atoms with Gasteiger partial charge in [-0.1, -0.05) is 95.5 Å². The summed E-state index contributed by atoms with van der Waals surface area (Å²) in [4.78, 5) is 26.5. The van der Waals surface area contributed by atoms with Crippen LogP contribution >= 0.6 is 57.9 Å². The van der Waals surface area contributed by atoms with Crippen LogP contribution in [0.4, 0.5) is 0 Å². The Morgan fingerprint density at radius 3 is 1.48 bits per heavy atom. The van der Waals surface area contributed by atoms with E-state index in [0.717, 1.165) is 70.5 Å². The fourth-order valence-electron chi connectivity index (χ4n) is 7.19. The average molecular weight is 752 g/mol. The van der Waals surface area contributed by atoms with Crippen LogP contribution in [-0.2, 0) is 26.2 Å². The van der Waals surface area contributed by atoms with Crippen LogP contribution in [0.2, 0.25) is 15.1 Å². The number of benzene rings is 5. The molecule has 6 nitrogen and oxygen atoms in total. The Hall–Kier alpha value is -3.99. The highest BCUT2D eigenvalue weighted by molar-refractivity contribution is 7.14. The van der Waals surface area contributed by atoms with Gasteiger partial charge in [0.25, 0.3) is 0 Å². The van der Waals surface area contributed by atoms with Crippen LogP contribution in [0.3, 0.4) is 0 Å². The van der Waals surface area contributed by atoms with Crippen molar-refractivity contribution in [2.75, 3.05) is 0 Å². The first kappa shape index (κ1) is 32.0. The number of carbonyl (C=O) groups is 2. The minimum atomic E-state index is 0.0302. The largest absolute Gasteiger partial charge is 0.308 e. The van der Waals surface area contributed by atoms with Gasteiger partial charge in [0.2, 0.25) is 0 Å². The summed E-state index contributed by atoms with van der Waals surface area (Å²) in [6.07, 6.45) is 0. The van der Waals surface area contributed by atoms with E-state index >= 15 is 0 Å². The Morgan fingerprint density at radius 2 is 0.980 bits per heavy atom. The van der Waals surface area contributed by atoms with Crippen LogP contribution in [0.1, 0.15) is 59.7 Å². The lowest BCUT2D eigenvalue weighted by atomic mass is 9.87. The number of nitrogens with zero attached hydrogens (tertiary/aromatic N) is 2. The van der Waals surface area contributed by atoms with Gasteiger partial charge in [-0.25, -0.2) is 0 Å². The van der Waals surface area contributed by atoms with E-state index < -0.39 is 0 Å². The molecule has 5 aromatic carbocycles. The zero-order valence-electron chi connectivity index (χ0n) is 26.4. The van der Waals surface area contributed by atoms with Crippen LogP contribution in [0.25, 0.3) is 42.7 Å². The van der Waals surface area contributed by atoms with E-state index in [4.69, 9.17) is 43.5 Å². The quantitative estimate of drug-likeness (QED) is 0.150. The van der Waals surface area contributed by atoms with Crippen LogP contribution < -0.4 is 10.6 Å². The second-order valence-electron chi connectivity index (χ2n) is 12.5. The van der Waals surface area contributed by atoms with Gasteiger partial charge in [-0.15, -0.1) is 0 Å². The van der Waals surface area contributed by atoms with Crippen LogP contribution in [-0.4, -0.2) is 20.3 Å². The predicted molar refractivity (Wildman–Crippen MR) is 204 cm³/mol. The van der Waals surface area contributed by atoms with Gasteiger partial charge in [0, 0.05) is 80.9 Å². The Morgan fingerprint density at radius 1 is 0.540 bits per heavy atom. The molecule has 50 heavy (non-hydrogen) atoms. The van der Waals surface area contributed by atoms with Gasteiger partial charge in [0.05, 0.1) is 30.8 Å². The number of hydrogen-bond acceptors (Lipinski definition) is 8. The molecule has 0 aliphatic heterocycles. The van der Waals surface area contributed by atoms with E-state index in [1.165, 1.54) is 23.1 Å². The molecule has 0 radical (unpaired) electrons. The maximum Gasteiger partial charge on any atom is 0.194 e. The molecule has 0 spiro atoms. The molecule has 2 aliphatic carbocycles. The van der Waals surface area contributed by atoms with Crippen LogP contribution in [0, 0.1) is 6.92 Å². The summed E-state index contributed by atoms with van der Waals surface area (Å²) in [5.41, 5.74) is 10.8. The predicted octanol–water partition coefficient (Wildman–Crippen LogP) is 10.2. The van der Waals surface area contributed by atoms with Crippen molar-refractivity contribution in [1.82, 2.24) is 19.4 Å². The summed E-state index contributed by atoms with van der Waals surface area (Å²) < 4.78 is 11.5. The first-order valence-electron chi connectivity index (χ1n) is 16.0. The first-order chi connectivity index (χ1) is 24.3. The Kier molecular flexibility index (Phi) is 7.89. The van der Waals surface area contributed by atoms with Crippen molar-refractivity contribution >= 4 is 89.6 Å². The first-order valence-corrected chi connectivity index (χ1v) is 18.7. The molecule has 11 heteroatoms. The molecule has 0 bridgehead atoms. The number of rotatable bonds is 8. The molecule has 0 saturated carbocycles. The van der Waals surface area contributed by atoms with E-state index in [9.17, 15) is 9.59 Å². The molecule has 2 N–H and O–H groups in total. The Labute approximate surface area is 310 Å². The maximum atomic E-state index is 13.2. The molecule has 2 aromatic heterocycles. The van der Waals surface area contributed by atoms with Gasteiger partial charge in [0.15, 0.2) is 11.6 Å². The topological polar surface area (TPSA) is 84.0 Å². The molecule has 2 heterocycles. The number of hydrogen-bond donors (Lipinski definition) is 2. The third-order valence-electron chi connectivity index (χ3n) is 9.76. The van der Waals surface area contributed by atoms with E-state index in [1.54, 1.807) is 0 Å². The normalized spacial score (nSPS) is 13.0. The molecule has 7 aromatic rings. The highest BCUT2D eigenvalue weighted by Gasteiger charge is 2.30. The highest BCUT2D eigenvalue weighted by atomic mass is 35.5. The molecule has 246 valence electrons. The van der Waals surface area contributed by atoms with E-state index in [-0.39, 0.29) is 11.6 Å². The van der Waals surface area contributed by atoms with Crippen molar-refractivity contribution in [3.05, 3.63) is 138 Å². The van der Waals surface area contributed by atoms with E-state index in [0.29, 0.717) is 63.5 Å². The molecule has 0 fully saturated rings.